The molecule has 0 aliphatic rings. The van der Waals surface area contributed by atoms with E-state index in [0.29, 0.717) is 23.9 Å². The Balaban J connectivity index is 1.69. The Morgan fingerprint density at radius 2 is 1.96 bits per heavy atom. The molecule has 0 N–H and O–H groups in total. The molecule has 0 aliphatic heterocycles. The van der Waals surface area contributed by atoms with Gasteiger partial charge in [-0.2, -0.15) is 15.3 Å². The summed E-state index contributed by atoms with van der Waals surface area (Å²) in [6.45, 7) is 4.59. The van der Waals surface area contributed by atoms with Crippen molar-refractivity contribution in [3.63, 3.8) is 0 Å². The van der Waals surface area contributed by atoms with Crippen molar-refractivity contribution in [2.75, 3.05) is 7.05 Å². The van der Waals surface area contributed by atoms with Crippen LogP contribution in [-0.2, 0) is 20.3 Å². The van der Waals surface area contributed by atoms with E-state index in [1.54, 1.807) is 38.3 Å². The first kappa shape index (κ1) is 17.2. The fraction of sp³-hybridized carbons (Fsp3) is 0.375. The van der Waals surface area contributed by atoms with Gasteiger partial charge in [0.05, 0.1) is 28.6 Å². The molecule has 25 heavy (non-hydrogen) atoms. The van der Waals surface area contributed by atoms with Crippen LogP contribution in [-0.4, -0.2) is 47.2 Å². The van der Waals surface area contributed by atoms with Gasteiger partial charge in [0.25, 0.3) is 5.91 Å². The Morgan fingerprint density at radius 1 is 1.20 bits per heavy atom. The standard InChI is InChI=1S/C16H20ClN7O/c1-11-15(17)12(2)24(18-11)10-23-8-6-14(20-23)16(25)21(3)9-13-5-7-22(4)19-13/h5-8H,9-10H2,1-4H3. The second kappa shape index (κ2) is 6.72. The van der Waals surface area contributed by atoms with Gasteiger partial charge in [-0.1, -0.05) is 11.6 Å². The molecule has 0 bridgehead atoms. The lowest BCUT2D eigenvalue weighted by atomic mass is 10.3. The normalized spacial score (nSPS) is 11.1. The SMILES string of the molecule is Cc1nn(Cn2ccc(C(=O)N(C)Cc3ccn(C)n3)n2)c(C)c1Cl. The molecule has 3 heterocycles. The highest BCUT2D eigenvalue weighted by Gasteiger charge is 2.17. The van der Waals surface area contributed by atoms with Gasteiger partial charge in [0.2, 0.25) is 0 Å². The number of aryl methyl sites for hydroxylation is 2. The van der Waals surface area contributed by atoms with Crippen LogP contribution in [0.15, 0.2) is 24.5 Å². The topological polar surface area (TPSA) is 73.8 Å². The molecule has 1 amide bonds. The number of hydrogen-bond acceptors (Lipinski definition) is 4. The predicted octanol–water partition coefficient (Wildman–Crippen LogP) is 1.86. The van der Waals surface area contributed by atoms with Crippen molar-refractivity contribution in [3.05, 3.63) is 52.3 Å². The summed E-state index contributed by atoms with van der Waals surface area (Å²) in [5, 5.41) is 13.7. The fourth-order valence-corrected chi connectivity index (χ4v) is 2.70. The highest BCUT2D eigenvalue weighted by atomic mass is 35.5. The third-order valence-electron chi connectivity index (χ3n) is 3.95. The number of amides is 1. The quantitative estimate of drug-likeness (QED) is 0.695. The van der Waals surface area contributed by atoms with Crippen molar-refractivity contribution >= 4 is 17.5 Å². The van der Waals surface area contributed by atoms with Gasteiger partial charge in [-0.15, -0.1) is 0 Å². The van der Waals surface area contributed by atoms with E-state index in [1.807, 2.05) is 33.2 Å². The molecule has 132 valence electrons. The average molecular weight is 362 g/mol. The summed E-state index contributed by atoms with van der Waals surface area (Å²) < 4.78 is 5.13. The van der Waals surface area contributed by atoms with E-state index in [-0.39, 0.29) is 5.91 Å². The summed E-state index contributed by atoms with van der Waals surface area (Å²) in [4.78, 5) is 14.1. The number of nitrogens with zero attached hydrogens (tertiary/aromatic N) is 7. The summed E-state index contributed by atoms with van der Waals surface area (Å²) in [6, 6.07) is 3.58. The van der Waals surface area contributed by atoms with E-state index in [0.717, 1.165) is 17.1 Å². The monoisotopic (exact) mass is 361 g/mol. The van der Waals surface area contributed by atoms with Gasteiger partial charge < -0.3 is 4.90 Å². The first-order valence-electron chi connectivity index (χ1n) is 7.82. The van der Waals surface area contributed by atoms with Crippen LogP contribution in [0, 0.1) is 13.8 Å². The van der Waals surface area contributed by atoms with Gasteiger partial charge in [-0.25, -0.2) is 4.68 Å². The molecular weight excluding hydrogens is 342 g/mol. The molecular formula is C16H20ClN7O. The lowest BCUT2D eigenvalue weighted by Gasteiger charge is -2.14. The molecule has 0 fully saturated rings. The molecule has 3 aromatic rings. The minimum atomic E-state index is -0.157. The third-order valence-corrected chi connectivity index (χ3v) is 4.49. The van der Waals surface area contributed by atoms with E-state index in [2.05, 4.69) is 15.3 Å². The molecule has 3 rings (SSSR count). The van der Waals surface area contributed by atoms with Crippen molar-refractivity contribution in [1.82, 2.24) is 34.2 Å². The Bertz CT molecular complexity index is 908. The Kier molecular flexibility index (Phi) is 4.63. The molecule has 0 saturated carbocycles. The predicted molar refractivity (Wildman–Crippen MR) is 93.3 cm³/mol. The minimum Gasteiger partial charge on any atom is -0.334 e. The third kappa shape index (κ3) is 3.58. The van der Waals surface area contributed by atoms with Gasteiger partial charge in [0.1, 0.15) is 12.4 Å². The zero-order chi connectivity index (χ0) is 18.1. The van der Waals surface area contributed by atoms with Crippen LogP contribution in [0.2, 0.25) is 5.02 Å². The van der Waals surface area contributed by atoms with E-state index >= 15 is 0 Å². The summed E-state index contributed by atoms with van der Waals surface area (Å²) in [6.07, 6.45) is 3.61. The zero-order valence-electron chi connectivity index (χ0n) is 14.6. The highest BCUT2D eigenvalue weighted by Crippen LogP contribution is 2.18. The number of hydrogen-bond donors (Lipinski definition) is 0. The number of carbonyl (C=O) groups excluding carboxylic acids is 1. The van der Waals surface area contributed by atoms with Crippen LogP contribution in [0.1, 0.15) is 27.6 Å². The Hall–Kier alpha value is -2.61. The van der Waals surface area contributed by atoms with Gasteiger partial charge in [0, 0.05) is 26.5 Å². The minimum absolute atomic E-state index is 0.157. The van der Waals surface area contributed by atoms with Gasteiger partial charge in [-0.05, 0) is 26.0 Å². The summed E-state index contributed by atoms with van der Waals surface area (Å²) in [7, 11) is 3.58. The average Bonchev–Trinajstić information content (AvgIpc) is 3.25. The van der Waals surface area contributed by atoms with Crippen molar-refractivity contribution in [3.8, 4) is 0 Å². The lowest BCUT2D eigenvalue weighted by Crippen LogP contribution is -2.27. The van der Waals surface area contributed by atoms with Gasteiger partial charge in [0.15, 0.2) is 0 Å². The maximum Gasteiger partial charge on any atom is 0.274 e. The van der Waals surface area contributed by atoms with Crippen LogP contribution in [0.4, 0.5) is 0 Å². The Morgan fingerprint density at radius 3 is 2.56 bits per heavy atom. The maximum atomic E-state index is 12.5. The number of aromatic nitrogens is 6. The van der Waals surface area contributed by atoms with E-state index in [4.69, 9.17) is 11.6 Å². The van der Waals surface area contributed by atoms with E-state index < -0.39 is 0 Å². The molecule has 0 aliphatic carbocycles. The summed E-state index contributed by atoms with van der Waals surface area (Å²) >= 11 is 6.16. The van der Waals surface area contributed by atoms with Gasteiger partial charge >= 0.3 is 0 Å². The fourth-order valence-electron chi connectivity index (χ4n) is 2.56. The summed E-state index contributed by atoms with van der Waals surface area (Å²) in [5.41, 5.74) is 2.86. The molecule has 3 aromatic heterocycles. The molecule has 9 heteroatoms. The van der Waals surface area contributed by atoms with Crippen molar-refractivity contribution < 1.29 is 4.79 Å². The second-order valence-electron chi connectivity index (χ2n) is 6.01. The first-order valence-corrected chi connectivity index (χ1v) is 8.20. The van der Waals surface area contributed by atoms with Crippen molar-refractivity contribution in [2.24, 2.45) is 7.05 Å². The van der Waals surface area contributed by atoms with Crippen LogP contribution < -0.4 is 0 Å². The van der Waals surface area contributed by atoms with E-state index in [9.17, 15) is 4.79 Å². The van der Waals surface area contributed by atoms with Crippen molar-refractivity contribution in [1.29, 1.82) is 0 Å². The number of halogens is 1. The number of carbonyl (C=O) groups is 1. The smallest absolute Gasteiger partial charge is 0.274 e. The van der Waals surface area contributed by atoms with Gasteiger partial charge in [-0.3, -0.25) is 14.2 Å². The van der Waals surface area contributed by atoms with Crippen LogP contribution in [0.5, 0.6) is 0 Å². The number of rotatable bonds is 5. The zero-order valence-corrected chi connectivity index (χ0v) is 15.4. The van der Waals surface area contributed by atoms with Crippen molar-refractivity contribution in [2.45, 2.75) is 27.1 Å². The molecule has 0 saturated heterocycles. The second-order valence-corrected chi connectivity index (χ2v) is 6.39. The highest BCUT2D eigenvalue weighted by molar-refractivity contribution is 6.31. The lowest BCUT2D eigenvalue weighted by molar-refractivity contribution is 0.0776. The first-order chi connectivity index (χ1) is 11.8. The van der Waals surface area contributed by atoms with Crippen LogP contribution in [0.3, 0.4) is 0 Å². The molecule has 8 nitrogen and oxygen atoms in total. The molecule has 0 radical (unpaired) electrons. The molecule has 0 atom stereocenters. The molecule has 0 unspecified atom stereocenters. The molecule has 0 aromatic carbocycles. The van der Waals surface area contributed by atoms with Crippen LogP contribution in [0.25, 0.3) is 0 Å². The largest absolute Gasteiger partial charge is 0.334 e. The molecule has 0 spiro atoms. The maximum absolute atomic E-state index is 12.5. The summed E-state index contributed by atoms with van der Waals surface area (Å²) in [5.74, 6) is -0.157. The van der Waals surface area contributed by atoms with E-state index in [1.165, 1.54) is 0 Å². The van der Waals surface area contributed by atoms with Crippen LogP contribution >= 0.6 is 11.6 Å². The Labute approximate surface area is 150 Å².